The molecule has 4 heteroatoms. The number of rotatable bonds is 4. The van der Waals surface area contributed by atoms with Crippen molar-refractivity contribution in [3.8, 4) is 0 Å². The topological polar surface area (TPSA) is 29.9 Å². The molecule has 0 amide bonds. The first-order valence-electron chi connectivity index (χ1n) is 6.38. The van der Waals surface area contributed by atoms with Gasteiger partial charge in [-0.15, -0.1) is 0 Å². The highest BCUT2D eigenvalue weighted by molar-refractivity contribution is 6.31. The molecule has 0 unspecified atom stereocenters. The van der Waals surface area contributed by atoms with E-state index in [2.05, 4.69) is 42.6 Å². The van der Waals surface area contributed by atoms with Crippen LogP contribution in [0.25, 0.3) is 11.0 Å². The molecule has 0 aliphatic rings. The van der Waals surface area contributed by atoms with Crippen molar-refractivity contribution >= 4 is 22.6 Å². The molecule has 0 spiro atoms. The van der Waals surface area contributed by atoms with Crippen LogP contribution in [0.2, 0.25) is 5.02 Å². The number of benzene rings is 1. The molecule has 2 rings (SSSR count). The predicted molar refractivity (Wildman–Crippen MR) is 77.1 cm³/mol. The van der Waals surface area contributed by atoms with Gasteiger partial charge < -0.3 is 9.88 Å². The van der Waals surface area contributed by atoms with E-state index in [0.29, 0.717) is 12.1 Å². The minimum atomic E-state index is 0.373. The molecule has 1 aromatic heterocycles. The SMILES string of the molecule is CC(C)NCc1nc2ccc(Cl)cc2n1C(C)C. The number of halogens is 1. The van der Waals surface area contributed by atoms with Gasteiger partial charge in [0.05, 0.1) is 17.6 Å². The summed E-state index contributed by atoms with van der Waals surface area (Å²) in [7, 11) is 0. The lowest BCUT2D eigenvalue weighted by atomic mass is 10.3. The minimum absolute atomic E-state index is 0.373. The van der Waals surface area contributed by atoms with Crippen molar-refractivity contribution < 1.29 is 0 Å². The van der Waals surface area contributed by atoms with Gasteiger partial charge in [-0.3, -0.25) is 0 Å². The van der Waals surface area contributed by atoms with Gasteiger partial charge in [0, 0.05) is 17.1 Å². The molecule has 0 saturated carbocycles. The fraction of sp³-hybridized carbons (Fsp3) is 0.500. The highest BCUT2D eigenvalue weighted by atomic mass is 35.5. The second-order valence-corrected chi connectivity index (χ2v) is 5.60. The van der Waals surface area contributed by atoms with Crippen LogP contribution in [-0.4, -0.2) is 15.6 Å². The van der Waals surface area contributed by atoms with E-state index < -0.39 is 0 Å². The molecule has 0 aliphatic heterocycles. The Labute approximate surface area is 113 Å². The lowest BCUT2D eigenvalue weighted by molar-refractivity contribution is 0.524. The van der Waals surface area contributed by atoms with Crippen LogP contribution in [-0.2, 0) is 6.54 Å². The van der Waals surface area contributed by atoms with E-state index in [1.54, 1.807) is 0 Å². The van der Waals surface area contributed by atoms with Crippen LogP contribution in [0.1, 0.15) is 39.6 Å². The summed E-state index contributed by atoms with van der Waals surface area (Å²) in [6.45, 7) is 9.39. The van der Waals surface area contributed by atoms with E-state index in [1.165, 1.54) is 0 Å². The number of hydrogen-bond acceptors (Lipinski definition) is 2. The summed E-state index contributed by atoms with van der Waals surface area (Å²) in [5.41, 5.74) is 2.12. The monoisotopic (exact) mass is 265 g/mol. The van der Waals surface area contributed by atoms with Gasteiger partial charge in [-0.1, -0.05) is 25.4 Å². The molecule has 0 fully saturated rings. The Bertz CT molecular complexity index is 543. The van der Waals surface area contributed by atoms with Crippen molar-refractivity contribution in [2.45, 2.75) is 46.3 Å². The average Bonchev–Trinajstić information content (AvgIpc) is 2.63. The van der Waals surface area contributed by atoms with Crippen LogP contribution < -0.4 is 5.32 Å². The number of hydrogen-bond donors (Lipinski definition) is 1. The maximum Gasteiger partial charge on any atom is 0.124 e. The summed E-state index contributed by atoms with van der Waals surface area (Å²) < 4.78 is 2.25. The van der Waals surface area contributed by atoms with E-state index in [0.717, 1.165) is 28.4 Å². The Morgan fingerprint density at radius 1 is 1.28 bits per heavy atom. The summed E-state index contributed by atoms with van der Waals surface area (Å²) in [4.78, 5) is 4.69. The van der Waals surface area contributed by atoms with E-state index in [1.807, 2.05) is 18.2 Å². The number of imidazole rings is 1. The Morgan fingerprint density at radius 3 is 2.61 bits per heavy atom. The lowest BCUT2D eigenvalue weighted by Gasteiger charge is -2.14. The Hall–Kier alpha value is -1.06. The molecule has 3 nitrogen and oxygen atoms in total. The van der Waals surface area contributed by atoms with E-state index in [-0.39, 0.29) is 0 Å². The highest BCUT2D eigenvalue weighted by Gasteiger charge is 2.13. The molecule has 1 N–H and O–H groups in total. The zero-order chi connectivity index (χ0) is 13.3. The van der Waals surface area contributed by atoms with Crippen LogP contribution in [0.3, 0.4) is 0 Å². The van der Waals surface area contributed by atoms with Crippen LogP contribution in [0.4, 0.5) is 0 Å². The predicted octanol–water partition coefficient (Wildman–Crippen LogP) is 3.77. The quantitative estimate of drug-likeness (QED) is 0.912. The van der Waals surface area contributed by atoms with Crippen molar-refractivity contribution in [2.75, 3.05) is 0 Å². The molecule has 0 atom stereocenters. The first kappa shape index (κ1) is 13.4. The summed E-state index contributed by atoms with van der Waals surface area (Å²) >= 11 is 6.08. The Balaban J connectivity index is 2.48. The van der Waals surface area contributed by atoms with Gasteiger partial charge in [0.15, 0.2) is 0 Å². The third kappa shape index (κ3) is 2.68. The molecule has 1 aromatic carbocycles. The molecule has 0 aliphatic carbocycles. The minimum Gasteiger partial charge on any atom is -0.324 e. The van der Waals surface area contributed by atoms with Crippen LogP contribution in [0, 0.1) is 0 Å². The fourth-order valence-electron chi connectivity index (χ4n) is 2.11. The molecule has 1 heterocycles. The van der Waals surface area contributed by atoms with Crippen LogP contribution in [0.5, 0.6) is 0 Å². The first-order valence-corrected chi connectivity index (χ1v) is 6.76. The fourth-order valence-corrected chi connectivity index (χ4v) is 2.28. The molecule has 0 bridgehead atoms. The third-order valence-corrected chi connectivity index (χ3v) is 3.14. The summed E-state index contributed by atoms with van der Waals surface area (Å²) in [6.07, 6.45) is 0. The van der Waals surface area contributed by atoms with Crippen molar-refractivity contribution in [1.82, 2.24) is 14.9 Å². The average molecular weight is 266 g/mol. The molecular weight excluding hydrogens is 246 g/mol. The van der Waals surface area contributed by atoms with Crippen molar-refractivity contribution in [2.24, 2.45) is 0 Å². The number of fused-ring (bicyclic) bond motifs is 1. The molecular formula is C14H20ClN3. The van der Waals surface area contributed by atoms with Gasteiger partial charge in [0.2, 0.25) is 0 Å². The van der Waals surface area contributed by atoms with Crippen molar-refractivity contribution in [3.05, 3.63) is 29.0 Å². The third-order valence-electron chi connectivity index (χ3n) is 2.91. The lowest BCUT2D eigenvalue weighted by Crippen LogP contribution is -2.24. The summed E-state index contributed by atoms with van der Waals surface area (Å²) in [6, 6.07) is 6.69. The van der Waals surface area contributed by atoms with Crippen molar-refractivity contribution in [1.29, 1.82) is 0 Å². The zero-order valence-corrected chi connectivity index (χ0v) is 12.1. The molecule has 18 heavy (non-hydrogen) atoms. The normalized spacial score (nSPS) is 11.9. The van der Waals surface area contributed by atoms with Crippen LogP contribution in [0.15, 0.2) is 18.2 Å². The van der Waals surface area contributed by atoms with Gasteiger partial charge >= 0.3 is 0 Å². The maximum atomic E-state index is 6.08. The van der Waals surface area contributed by atoms with E-state index in [9.17, 15) is 0 Å². The Kier molecular flexibility index (Phi) is 3.93. The molecule has 2 aromatic rings. The van der Waals surface area contributed by atoms with Gasteiger partial charge in [-0.25, -0.2) is 4.98 Å². The smallest absolute Gasteiger partial charge is 0.124 e. The number of nitrogens with zero attached hydrogens (tertiary/aromatic N) is 2. The first-order chi connectivity index (χ1) is 8.49. The number of aromatic nitrogens is 2. The van der Waals surface area contributed by atoms with Crippen LogP contribution >= 0.6 is 11.6 Å². The molecule has 98 valence electrons. The molecule has 0 radical (unpaired) electrons. The van der Waals surface area contributed by atoms with Gasteiger partial charge in [-0.05, 0) is 32.0 Å². The van der Waals surface area contributed by atoms with E-state index >= 15 is 0 Å². The Morgan fingerprint density at radius 2 is 2.00 bits per heavy atom. The maximum absolute atomic E-state index is 6.08. The second kappa shape index (κ2) is 5.29. The second-order valence-electron chi connectivity index (χ2n) is 5.16. The standard InChI is InChI=1S/C14H20ClN3/c1-9(2)16-8-14-17-12-6-5-11(15)7-13(12)18(14)10(3)4/h5-7,9-10,16H,8H2,1-4H3. The summed E-state index contributed by atoms with van der Waals surface area (Å²) in [5, 5.41) is 4.17. The zero-order valence-electron chi connectivity index (χ0n) is 11.4. The summed E-state index contributed by atoms with van der Waals surface area (Å²) in [5.74, 6) is 1.07. The van der Waals surface area contributed by atoms with Gasteiger partial charge in [0.25, 0.3) is 0 Å². The van der Waals surface area contributed by atoms with Gasteiger partial charge in [-0.2, -0.15) is 0 Å². The van der Waals surface area contributed by atoms with Crippen molar-refractivity contribution in [3.63, 3.8) is 0 Å². The van der Waals surface area contributed by atoms with E-state index in [4.69, 9.17) is 11.6 Å². The largest absolute Gasteiger partial charge is 0.324 e. The van der Waals surface area contributed by atoms with Gasteiger partial charge in [0.1, 0.15) is 5.82 Å². The molecule has 0 saturated heterocycles. The number of nitrogens with one attached hydrogen (secondary N) is 1. The highest BCUT2D eigenvalue weighted by Crippen LogP contribution is 2.24.